The molecule has 1 heterocycles. The van der Waals surface area contributed by atoms with Crippen LogP contribution in [0.2, 0.25) is 0 Å². The van der Waals surface area contributed by atoms with Crippen LogP contribution >= 0.6 is 0 Å². The van der Waals surface area contributed by atoms with Crippen LogP contribution in [0.1, 0.15) is 19.3 Å². The molecule has 50 heavy (non-hydrogen) atoms. The van der Waals surface area contributed by atoms with Crippen LogP contribution in [0, 0.1) is 17.3 Å². The van der Waals surface area contributed by atoms with Crippen molar-refractivity contribution in [2.24, 2.45) is 17.3 Å². The predicted octanol–water partition coefficient (Wildman–Crippen LogP) is 4.29. The number of halogens is 16. The number of hydrogen-bond acceptors (Lipinski definition) is 10. The van der Waals surface area contributed by atoms with Gasteiger partial charge in [-0.2, -0.15) is 78.7 Å². The first-order valence-corrected chi connectivity index (χ1v) is 14.4. The molecule has 3 atom stereocenters. The SMILES string of the molecule is O=C(OCC1(COC(=O)C(F)(F)C(F)(F)C(F)(F)F)COC2(OC1)C1CCC(C1)C2OC(=O)C(F)(F)S(=O)(=O)O)C(F)(F)C(F)(F)C(F)(F)F. The first-order chi connectivity index (χ1) is 22.1. The van der Waals surface area contributed by atoms with E-state index < -0.39 is 125 Å². The van der Waals surface area contributed by atoms with Gasteiger partial charge < -0.3 is 23.7 Å². The van der Waals surface area contributed by atoms with Gasteiger partial charge in [-0.1, -0.05) is 0 Å². The number of ether oxygens (including phenoxy) is 5. The Morgan fingerprint density at radius 3 is 1.44 bits per heavy atom. The maximum atomic E-state index is 13.9. The third-order valence-electron chi connectivity index (χ3n) is 7.90. The van der Waals surface area contributed by atoms with Crippen LogP contribution in [0.25, 0.3) is 0 Å². The molecule has 1 saturated heterocycles. The molecule has 0 aromatic heterocycles. The van der Waals surface area contributed by atoms with E-state index in [9.17, 15) is 93.0 Å². The van der Waals surface area contributed by atoms with Crippen LogP contribution < -0.4 is 0 Å². The first kappa shape index (κ1) is 41.5. The van der Waals surface area contributed by atoms with Crippen molar-refractivity contribution in [2.45, 2.75) is 72.5 Å². The van der Waals surface area contributed by atoms with Crippen molar-refractivity contribution in [3.63, 3.8) is 0 Å². The van der Waals surface area contributed by atoms with E-state index in [4.69, 9.17) is 14.0 Å². The third-order valence-corrected chi connectivity index (χ3v) is 8.72. The highest BCUT2D eigenvalue weighted by Gasteiger charge is 2.79. The highest BCUT2D eigenvalue weighted by Crippen LogP contribution is 2.57. The Kier molecular flexibility index (Phi) is 10.3. The minimum absolute atomic E-state index is 0.000102. The standard InChI is InChI=1S/C22H18F16O11S/c23-16(24,19(29,30)21(33,34)35)11(39)45-4-14(5-46-12(40)17(25,26)20(31,32)22(36,37)38)6-47-15(48-7-14)9-2-1-8(3-9)10(15)49-13(41)18(27,28)50(42,43)44/h8-10H,1-7H2,(H,42,43,44). The summed E-state index contributed by atoms with van der Waals surface area (Å²) in [5.41, 5.74) is -2.96. The summed E-state index contributed by atoms with van der Waals surface area (Å²) < 4.78 is 264. The van der Waals surface area contributed by atoms with Crippen molar-refractivity contribution in [1.29, 1.82) is 0 Å². The molecule has 290 valence electrons. The fourth-order valence-corrected chi connectivity index (χ4v) is 5.40. The molecule has 1 aliphatic heterocycles. The highest BCUT2D eigenvalue weighted by atomic mass is 32.2. The zero-order chi connectivity index (χ0) is 38.9. The van der Waals surface area contributed by atoms with Gasteiger partial charge in [0.2, 0.25) is 5.79 Å². The summed E-state index contributed by atoms with van der Waals surface area (Å²) in [5, 5.41) is -5.62. The molecule has 3 rings (SSSR count). The van der Waals surface area contributed by atoms with Gasteiger partial charge in [-0.05, 0) is 19.3 Å². The van der Waals surface area contributed by atoms with E-state index in [0.29, 0.717) is 0 Å². The smallest absolute Gasteiger partial charge is 0.460 e. The maximum Gasteiger partial charge on any atom is 0.465 e. The average molecular weight is 794 g/mol. The summed E-state index contributed by atoms with van der Waals surface area (Å²) in [4.78, 5) is 35.4. The summed E-state index contributed by atoms with van der Waals surface area (Å²) in [7, 11) is -6.47. The normalized spacial score (nSPS) is 24.6. The first-order valence-electron chi connectivity index (χ1n) is 13.0. The van der Waals surface area contributed by atoms with Crippen LogP contribution in [0.3, 0.4) is 0 Å². The van der Waals surface area contributed by atoms with E-state index >= 15 is 0 Å². The number of fused-ring (bicyclic) bond motifs is 3. The van der Waals surface area contributed by atoms with Crippen molar-refractivity contribution in [3.8, 4) is 0 Å². The average Bonchev–Trinajstić information content (AvgIpc) is 3.55. The molecular formula is C22H18F16O11S. The van der Waals surface area contributed by atoms with Gasteiger partial charge in [0.1, 0.15) is 13.2 Å². The van der Waals surface area contributed by atoms with Crippen LogP contribution in [0.15, 0.2) is 0 Å². The van der Waals surface area contributed by atoms with E-state index in [1.54, 1.807) is 0 Å². The predicted molar refractivity (Wildman–Crippen MR) is 118 cm³/mol. The molecule has 28 heteroatoms. The lowest BCUT2D eigenvalue weighted by atomic mass is 9.86. The van der Waals surface area contributed by atoms with Crippen molar-refractivity contribution >= 4 is 28.0 Å². The van der Waals surface area contributed by atoms with E-state index in [2.05, 4.69) is 14.2 Å². The van der Waals surface area contributed by atoms with Gasteiger partial charge in [0.15, 0.2) is 6.10 Å². The second-order valence-corrected chi connectivity index (χ2v) is 12.8. The Morgan fingerprint density at radius 2 is 1.08 bits per heavy atom. The highest BCUT2D eigenvalue weighted by molar-refractivity contribution is 7.87. The number of hydrogen-bond donors (Lipinski definition) is 1. The molecule has 3 fully saturated rings. The number of rotatable bonds is 11. The Morgan fingerprint density at radius 1 is 0.680 bits per heavy atom. The fraction of sp³-hybridized carbons (Fsp3) is 0.864. The van der Waals surface area contributed by atoms with Crippen LogP contribution in [0.5, 0.6) is 0 Å². The molecule has 0 aromatic carbocycles. The lowest BCUT2D eigenvalue weighted by Crippen LogP contribution is -2.63. The van der Waals surface area contributed by atoms with Crippen LogP contribution in [0.4, 0.5) is 70.2 Å². The monoisotopic (exact) mass is 794 g/mol. The maximum absolute atomic E-state index is 13.9. The minimum atomic E-state index is -7.14. The molecule has 2 aliphatic carbocycles. The minimum Gasteiger partial charge on any atom is -0.460 e. The number of alkyl halides is 16. The molecule has 1 N–H and O–H groups in total. The molecule has 3 aliphatic rings. The second kappa shape index (κ2) is 12.4. The van der Waals surface area contributed by atoms with Crippen LogP contribution in [-0.2, 0) is 48.2 Å². The van der Waals surface area contributed by atoms with Gasteiger partial charge >= 0.3 is 69.3 Å². The molecule has 0 amide bonds. The van der Waals surface area contributed by atoms with Crippen LogP contribution in [-0.4, -0.2) is 110 Å². The fourth-order valence-electron chi connectivity index (χ4n) is 5.14. The lowest BCUT2D eigenvalue weighted by molar-refractivity contribution is -0.365. The Bertz CT molecular complexity index is 1400. The van der Waals surface area contributed by atoms with Gasteiger partial charge in [-0.25, -0.2) is 14.4 Å². The van der Waals surface area contributed by atoms with Crippen molar-refractivity contribution in [2.75, 3.05) is 26.4 Å². The Hall–Kier alpha value is -2.88. The summed E-state index contributed by atoms with van der Waals surface area (Å²) in [6.45, 7) is -7.30. The molecule has 2 bridgehead atoms. The second-order valence-electron chi connectivity index (χ2n) is 11.3. The molecule has 2 saturated carbocycles. The van der Waals surface area contributed by atoms with Crippen molar-refractivity contribution in [3.05, 3.63) is 0 Å². The van der Waals surface area contributed by atoms with E-state index in [1.165, 1.54) is 0 Å². The Labute approximate surface area is 266 Å². The molecular weight excluding hydrogens is 776 g/mol. The zero-order valence-electron chi connectivity index (χ0n) is 23.7. The summed E-state index contributed by atoms with van der Waals surface area (Å²) >= 11 is 0. The van der Waals surface area contributed by atoms with Gasteiger partial charge in [-0.15, -0.1) is 0 Å². The van der Waals surface area contributed by atoms with Gasteiger partial charge in [0.25, 0.3) is 0 Å². The molecule has 1 spiro atoms. The van der Waals surface area contributed by atoms with Gasteiger partial charge in [-0.3, -0.25) is 4.55 Å². The largest absolute Gasteiger partial charge is 0.465 e. The van der Waals surface area contributed by atoms with Crippen molar-refractivity contribution in [1.82, 2.24) is 0 Å². The molecule has 3 unspecified atom stereocenters. The summed E-state index contributed by atoms with van der Waals surface area (Å²) in [5.74, 6) is -42.8. The van der Waals surface area contributed by atoms with E-state index in [-0.39, 0.29) is 19.3 Å². The summed E-state index contributed by atoms with van der Waals surface area (Å²) in [6.07, 6.45) is -16.5. The van der Waals surface area contributed by atoms with E-state index in [0.717, 1.165) is 0 Å². The topological polar surface area (TPSA) is 152 Å². The quantitative estimate of drug-likeness (QED) is 0.138. The molecule has 0 aromatic rings. The van der Waals surface area contributed by atoms with Gasteiger partial charge in [0, 0.05) is 11.8 Å². The zero-order valence-corrected chi connectivity index (χ0v) is 24.5. The number of carbonyl (C=O) groups excluding carboxylic acids is 3. The molecule has 0 radical (unpaired) electrons. The number of carbonyl (C=O) groups is 3. The van der Waals surface area contributed by atoms with E-state index in [1.807, 2.05) is 0 Å². The third kappa shape index (κ3) is 6.63. The number of esters is 3. The van der Waals surface area contributed by atoms with Crippen molar-refractivity contribution < 1.29 is 121 Å². The van der Waals surface area contributed by atoms with Gasteiger partial charge in [0.05, 0.1) is 18.6 Å². The lowest BCUT2D eigenvalue weighted by Gasteiger charge is -2.50. The molecule has 11 nitrogen and oxygen atoms in total. The Balaban J connectivity index is 1.93. The summed E-state index contributed by atoms with van der Waals surface area (Å²) in [6, 6.07) is 0.